The van der Waals surface area contributed by atoms with Crippen molar-refractivity contribution in [3.8, 4) is 22.3 Å². The largest absolute Gasteiger partial charge is 0.465 e. The molecule has 1 aliphatic rings. The van der Waals surface area contributed by atoms with Gasteiger partial charge in [0.2, 0.25) is 0 Å². The van der Waals surface area contributed by atoms with Crippen molar-refractivity contribution >= 4 is 23.6 Å². The SMILES string of the molecule is CCc1cccc(-c2c(Cl)cccc2C(O)(CCCNC(=O)O)C2CCCN(C(=O)c3ccc(CNC)cc3-c3ccccc3)C2)c1. The number of hydrogen-bond acceptors (Lipinski definition) is 4. The summed E-state index contributed by atoms with van der Waals surface area (Å²) < 4.78 is 0. The van der Waals surface area contributed by atoms with Gasteiger partial charge in [-0.2, -0.15) is 0 Å². The van der Waals surface area contributed by atoms with Gasteiger partial charge < -0.3 is 25.7 Å². The summed E-state index contributed by atoms with van der Waals surface area (Å²) in [6.07, 6.45) is 1.91. The number of rotatable bonds is 12. The number of piperidine rings is 1. The molecule has 1 heterocycles. The second-order valence-corrected chi connectivity index (χ2v) is 12.7. The third-order valence-electron chi connectivity index (χ3n) is 9.28. The van der Waals surface area contributed by atoms with Crippen LogP contribution in [0.25, 0.3) is 22.3 Å². The normalized spacial score (nSPS) is 16.0. The lowest BCUT2D eigenvalue weighted by molar-refractivity contribution is -0.0563. The zero-order valence-corrected chi connectivity index (χ0v) is 27.9. The van der Waals surface area contributed by atoms with E-state index in [9.17, 15) is 19.8 Å². The second-order valence-electron chi connectivity index (χ2n) is 12.3. The maximum atomic E-state index is 14.4. The summed E-state index contributed by atoms with van der Waals surface area (Å²) in [4.78, 5) is 27.5. The Morgan fingerprint density at radius 2 is 1.72 bits per heavy atom. The Kier molecular flexibility index (Phi) is 11.4. The van der Waals surface area contributed by atoms with Gasteiger partial charge in [0, 0.05) is 48.2 Å². The highest BCUT2D eigenvalue weighted by Crippen LogP contribution is 2.46. The average molecular weight is 654 g/mol. The number of hydrogen-bond donors (Lipinski definition) is 4. The van der Waals surface area contributed by atoms with Crippen LogP contribution < -0.4 is 10.6 Å². The van der Waals surface area contributed by atoms with Crippen LogP contribution in [0.1, 0.15) is 59.7 Å². The quantitative estimate of drug-likeness (QED) is 0.117. The van der Waals surface area contributed by atoms with E-state index in [1.807, 2.05) is 84.7 Å². The molecule has 4 aromatic rings. The van der Waals surface area contributed by atoms with Gasteiger partial charge >= 0.3 is 6.09 Å². The van der Waals surface area contributed by atoms with Crippen LogP contribution in [0.15, 0.2) is 91.0 Å². The Morgan fingerprint density at radius 1 is 0.957 bits per heavy atom. The molecule has 0 bridgehead atoms. The van der Waals surface area contributed by atoms with E-state index in [0.29, 0.717) is 55.0 Å². The van der Waals surface area contributed by atoms with E-state index in [1.165, 1.54) is 0 Å². The van der Waals surface area contributed by atoms with Crippen LogP contribution in [-0.2, 0) is 18.6 Å². The molecule has 2 atom stereocenters. The first-order valence-electron chi connectivity index (χ1n) is 16.4. The summed E-state index contributed by atoms with van der Waals surface area (Å²) in [5.41, 5.74) is 5.76. The molecule has 0 aliphatic carbocycles. The van der Waals surface area contributed by atoms with Crippen LogP contribution in [-0.4, -0.2) is 53.8 Å². The minimum Gasteiger partial charge on any atom is -0.465 e. The number of carbonyl (C=O) groups is 2. The molecule has 2 unspecified atom stereocenters. The van der Waals surface area contributed by atoms with E-state index < -0.39 is 11.7 Å². The van der Waals surface area contributed by atoms with Gasteiger partial charge in [-0.3, -0.25) is 4.79 Å². The van der Waals surface area contributed by atoms with Crippen molar-refractivity contribution in [2.75, 3.05) is 26.7 Å². The van der Waals surface area contributed by atoms with E-state index in [4.69, 9.17) is 11.6 Å². The van der Waals surface area contributed by atoms with Gasteiger partial charge in [0.15, 0.2) is 0 Å². The molecule has 0 spiro atoms. The van der Waals surface area contributed by atoms with Crippen molar-refractivity contribution < 1.29 is 19.8 Å². The van der Waals surface area contributed by atoms with E-state index in [1.54, 1.807) is 0 Å². The Hall–Kier alpha value is -4.17. The molecule has 1 aliphatic heterocycles. The number of nitrogens with one attached hydrogen (secondary N) is 2. The number of carboxylic acid groups (broad SMARTS) is 1. The smallest absolute Gasteiger partial charge is 0.404 e. The highest BCUT2D eigenvalue weighted by Gasteiger charge is 2.43. The van der Waals surface area contributed by atoms with Gasteiger partial charge in [0.1, 0.15) is 0 Å². The molecule has 0 saturated carbocycles. The van der Waals surface area contributed by atoms with Gasteiger partial charge in [-0.25, -0.2) is 4.79 Å². The number of benzene rings is 4. The van der Waals surface area contributed by atoms with Crippen molar-refractivity contribution in [1.29, 1.82) is 0 Å². The Bertz CT molecular complexity index is 1700. The minimum absolute atomic E-state index is 0.0681. The molecule has 246 valence electrons. The minimum atomic E-state index is -1.37. The molecule has 1 saturated heterocycles. The maximum Gasteiger partial charge on any atom is 0.404 e. The van der Waals surface area contributed by atoms with Crippen molar-refractivity contribution in [2.24, 2.45) is 5.92 Å². The van der Waals surface area contributed by atoms with Crippen molar-refractivity contribution in [1.82, 2.24) is 15.5 Å². The molecule has 1 fully saturated rings. The fourth-order valence-electron chi connectivity index (χ4n) is 6.91. The fourth-order valence-corrected chi connectivity index (χ4v) is 7.19. The number of halogens is 1. The van der Waals surface area contributed by atoms with Crippen molar-refractivity contribution in [2.45, 2.75) is 51.2 Å². The molecule has 4 aromatic carbocycles. The zero-order valence-electron chi connectivity index (χ0n) is 27.1. The average Bonchev–Trinajstić information content (AvgIpc) is 3.10. The highest BCUT2D eigenvalue weighted by molar-refractivity contribution is 6.33. The predicted octanol–water partition coefficient (Wildman–Crippen LogP) is 7.74. The van der Waals surface area contributed by atoms with Gasteiger partial charge in [-0.05, 0) is 90.7 Å². The van der Waals surface area contributed by atoms with Gasteiger partial charge in [-0.15, -0.1) is 0 Å². The third-order valence-corrected chi connectivity index (χ3v) is 9.59. The number of likely N-dealkylation sites (tertiary alicyclic amines) is 1. The van der Waals surface area contributed by atoms with E-state index in [0.717, 1.165) is 46.2 Å². The molecule has 47 heavy (non-hydrogen) atoms. The third kappa shape index (κ3) is 7.87. The first kappa shape index (κ1) is 34.2. The Balaban J connectivity index is 1.53. The molecule has 2 amide bonds. The van der Waals surface area contributed by atoms with Crippen LogP contribution in [0.2, 0.25) is 5.02 Å². The molecule has 0 radical (unpaired) electrons. The monoisotopic (exact) mass is 653 g/mol. The topological polar surface area (TPSA) is 102 Å². The number of aliphatic hydroxyl groups is 1. The predicted molar refractivity (Wildman–Crippen MR) is 189 cm³/mol. The molecule has 7 nitrogen and oxygen atoms in total. The molecule has 0 aromatic heterocycles. The number of nitrogens with zero attached hydrogens (tertiary/aromatic N) is 1. The summed E-state index contributed by atoms with van der Waals surface area (Å²) in [6, 6.07) is 29.8. The first-order chi connectivity index (χ1) is 22.7. The van der Waals surface area contributed by atoms with Crippen LogP contribution in [0.3, 0.4) is 0 Å². The van der Waals surface area contributed by atoms with Gasteiger partial charge in [0.25, 0.3) is 5.91 Å². The lowest BCUT2D eigenvalue weighted by atomic mass is 9.72. The maximum absolute atomic E-state index is 14.4. The lowest BCUT2D eigenvalue weighted by Gasteiger charge is -2.44. The molecular formula is C39H44ClN3O4. The summed E-state index contributed by atoms with van der Waals surface area (Å²) >= 11 is 6.91. The van der Waals surface area contributed by atoms with Gasteiger partial charge in [-0.1, -0.05) is 91.3 Å². The molecule has 5 rings (SSSR count). The second kappa shape index (κ2) is 15.6. The summed E-state index contributed by atoms with van der Waals surface area (Å²) in [6.45, 7) is 3.93. The summed E-state index contributed by atoms with van der Waals surface area (Å²) in [5.74, 6) is -0.373. The Morgan fingerprint density at radius 3 is 2.47 bits per heavy atom. The molecule has 4 N–H and O–H groups in total. The number of amides is 2. The molecule has 8 heteroatoms. The highest BCUT2D eigenvalue weighted by atomic mass is 35.5. The van der Waals surface area contributed by atoms with Crippen LogP contribution >= 0.6 is 11.6 Å². The Labute approximate surface area is 282 Å². The number of carbonyl (C=O) groups excluding carboxylic acids is 1. The van der Waals surface area contributed by atoms with E-state index in [-0.39, 0.29) is 18.4 Å². The zero-order chi connectivity index (χ0) is 33.4. The van der Waals surface area contributed by atoms with Crippen LogP contribution in [0, 0.1) is 5.92 Å². The van der Waals surface area contributed by atoms with E-state index in [2.05, 4.69) is 35.8 Å². The first-order valence-corrected chi connectivity index (χ1v) is 16.8. The van der Waals surface area contributed by atoms with Gasteiger partial charge in [0.05, 0.1) is 5.60 Å². The standard InChI is InChI=1S/C39H44ClN3O4/c1-3-27-11-7-14-30(23-27)36-34(16-8-17-35(36)40)39(47,20-10-21-42-38(45)46)31-15-9-22-43(26-31)37(44)32-19-18-28(25-41-2)24-33(32)29-12-5-4-6-13-29/h4-8,11-14,16-19,23-24,31,41-42,47H,3,9-10,15,20-22,25-26H2,1-2H3,(H,45,46). The number of aryl methyl sites for hydroxylation is 1. The summed E-state index contributed by atoms with van der Waals surface area (Å²) in [5, 5.41) is 28.3. The van der Waals surface area contributed by atoms with Crippen LogP contribution in [0.5, 0.6) is 0 Å². The van der Waals surface area contributed by atoms with Crippen LogP contribution in [0.4, 0.5) is 4.79 Å². The fraction of sp³-hybridized carbons (Fsp3) is 0.333. The summed E-state index contributed by atoms with van der Waals surface area (Å²) in [7, 11) is 1.90. The van der Waals surface area contributed by atoms with E-state index >= 15 is 0 Å². The van der Waals surface area contributed by atoms with Crippen molar-refractivity contribution in [3.05, 3.63) is 118 Å². The van der Waals surface area contributed by atoms with Crippen molar-refractivity contribution in [3.63, 3.8) is 0 Å². The lowest BCUT2D eigenvalue weighted by Crippen LogP contribution is -2.48. The molecular weight excluding hydrogens is 610 g/mol.